The smallest absolute Gasteiger partial charge is 0.212 e. The van der Waals surface area contributed by atoms with Gasteiger partial charge in [0.2, 0.25) is 10.0 Å². The van der Waals surface area contributed by atoms with E-state index in [2.05, 4.69) is 6.07 Å². The maximum Gasteiger partial charge on any atom is 0.216 e. The zero-order valence-electron chi connectivity index (χ0n) is 9.68. The van der Waals surface area contributed by atoms with Crippen LogP contribution in [0.15, 0.2) is 24.3 Å². The van der Waals surface area contributed by atoms with Crippen LogP contribution in [0.5, 0.6) is 0 Å². The predicted octanol–water partition coefficient (Wildman–Crippen LogP) is 2.42. The highest BCUT2D eigenvalue weighted by Crippen LogP contribution is 2.22. The monoisotopic (exact) mass is 255 g/mol. The van der Waals surface area contributed by atoms with Crippen molar-refractivity contribution in [1.82, 2.24) is 4.31 Å². The van der Waals surface area contributed by atoms with E-state index >= 15 is 0 Å². The summed E-state index contributed by atoms with van der Waals surface area (Å²) in [6.07, 6.45) is 0.822. The van der Waals surface area contributed by atoms with Gasteiger partial charge in [-0.15, -0.1) is 0 Å². The summed E-state index contributed by atoms with van der Waals surface area (Å²) < 4.78 is 25.6. The highest BCUT2D eigenvalue weighted by atomic mass is 32.2. The van der Waals surface area contributed by atoms with Gasteiger partial charge in [-0.05, 0) is 31.4 Å². The van der Waals surface area contributed by atoms with Crippen LogP contribution < -0.4 is 0 Å². The first kappa shape index (κ1) is 14.2. The van der Waals surface area contributed by atoms with Gasteiger partial charge in [0.15, 0.2) is 0 Å². The van der Waals surface area contributed by atoms with Gasteiger partial charge in [-0.3, -0.25) is 0 Å². The van der Waals surface area contributed by atoms with E-state index in [-0.39, 0.29) is 12.7 Å². The van der Waals surface area contributed by atoms with Gasteiger partial charge in [0.25, 0.3) is 0 Å². The molecular formula is C13H21NO2S. The SMILES string of the molecule is C.CC(C)S(=O)(=O)N1CCc2ccccc2C1. The van der Waals surface area contributed by atoms with Crippen LogP contribution in [0.3, 0.4) is 0 Å². The number of hydrogen-bond donors (Lipinski definition) is 0. The van der Waals surface area contributed by atoms with Crippen molar-refractivity contribution < 1.29 is 8.42 Å². The van der Waals surface area contributed by atoms with Crippen molar-refractivity contribution in [2.75, 3.05) is 6.54 Å². The average molecular weight is 255 g/mol. The van der Waals surface area contributed by atoms with Gasteiger partial charge in [-0.1, -0.05) is 31.7 Å². The summed E-state index contributed by atoms with van der Waals surface area (Å²) in [5.41, 5.74) is 2.41. The highest BCUT2D eigenvalue weighted by Gasteiger charge is 2.28. The Morgan fingerprint density at radius 3 is 2.35 bits per heavy atom. The lowest BCUT2D eigenvalue weighted by Gasteiger charge is -2.29. The molecule has 3 nitrogen and oxygen atoms in total. The Hall–Kier alpha value is -0.870. The molecule has 0 fully saturated rings. The van der Waals surface area contributed by atoms with Crippen LogP contribution in [-0.2, 0) is 23.0 Å². The lowest BCUT2D eigenvalue weighted by Crippen LogP contribution is -2.39. The molecule has 0 atom stereocenters. The van der Waals surface area contributed by atoms with E-state index in [0.717, 1.165) is 12.0 Å². The Bertz CT molecular complexity index is 480. The molecule has 0 saturated carbocycles. The van der Waals surface area contributed by atoms with Crippen molar-refractivity contribution in [1.29, 1.82) is 0 Å². The van der Waals surface area contributed by atoms with E-state index in [1.165, 1.54) is 5.56 Å². The van der Waals surface area contributed by atoms with E-state index in [1.54, 1.807) is 18.2 Å². The zero-order valence-corrected chi connectivity index (χ0v) is 10.5. The molecule has 0 aliphatic carbocycles. The minimum absolute atomic E-state index is 0. The number of nitrogens with zero attached hydrogens (tertiary/aromatic N) is 1. The van der Waals surface area contributed by atoms with E-state index in [4.69, 9.17) is 0 Å². The van der Waals surface area contributed by atoms with Gasteiger partial charge in [-0.2, -0.15) is 4.31 Å². The molecule has 1 aromatic rings. The third-order valence-corrected chi connectivity index (χ3v) is 5.27. The van der Waals surface area contributed by atoms with Gasteiger partial charge < -0.3 is 0 Å². The number of sulfonamides is 1. The molecule has 0 amide bonds. The molecule has 17 heavy (non-hydrogen) atoms. The van der Waals surface area contributed by atoms with E-state index in [1.807, 2.05) is 18.2 Å². The highest BCUT2D eigenvalue weighted by molar-refractivity contribution is 7.89. The molecule has 2 rings (SSSR count). The average Bonchev–Trinajstić information content (AvgIpc) is 2.28. The van der Waals surface area contributed by atoms with Crippen LogP contribution >= 0.6 is 0 Å². The molecule has 0 bridgehead atoms. The van der Waals surface area contributed by atoms with Gasteiger partial charge in [0.05, 0.1) is 5.25 Å². The van der Waals surface area contributed by atoms with Crippen molar-refractivity contribution in [3.8, 4) is 0 Å². The summed E-state index contributed by atoms with van der Waals surface area (Å²) in [6, 6.07) is 8.06. The summed E-state index contributed by atoms with van der Waals surface area (Å²) in [6.45, 7) is 4.60. The van der Waals surface area contributed by atoms with E-state index in [9.17, 15) is 8.42 Å². The molecule has 1 aliphatic heterocycles. The van der Waals surface area contributed by atoms with Crippen LogP contribution in [0.25, 0.3) is 0 Å². The largest absolute Gasteiger partial charge is 0.216 e. The van der Waals surface area contributed by atoms with Crippen LogP contribution in [0, 0.1) is 0 Å². The lowest BCUT2D eigenvalue weighted by molar-refractivity contribution is 0.387. The number of hydrogen-bond acceptors (Lipinski definition) is 2. The third kappa shape index (κ3) is 2.69. The fourth-order valence-electron chi connectivity index (χ4n) is 1.99. The Balaban J connectivity index is 0.00000144. The molecule has 0 radical (unpaired) electrons. The minimum atomic E-state index is -3.11. The molecule has 1 aliphatic rings. The Morgan fingerprint density at radius 2 is 1.76 bits per heavy atom. The van der Waals surface area contributed by atoms with Crippen LogP contribution in [0.2, 0.25) is 0 Å². The number of fused-ring (bicyclic) bond motifs is 1. The van der Waals surface area contributed by atoms with Crippen molar-refractivity contribution in [2.24, 2.45) is 0 Å². The summed E-state index contributed by atoms with van der Waals surface area (Å²) in [5, 5.41) is -0.335. The number of rotatable bonds is 2. The summed E-state index contributed by atoms with van der Waals surface area (Å²) in [7, 11) is -3.11. The second kappa shape index (κ2) is 5.19. The molecule has 1 heterocycles. The van der Waals surface area contributed by atoms with E-state index < -0.39 is 10.0 Å². The number of benzene rings is 1. The molecule has 1 aromatic carbocycles. The maximum atomic E-state index is 12.0. The second-order valence-corrected chi connectivity index (χ2v) is 6.94. The van der Waals surface area contributed by atoms with Crippen LogP contribution in [0.4, 0.5) is 0 Å². The molecule has 0 saturated heterocycles. The predicted molar refractivity (Wildman–Crippen MR) is 71.3 cm³/mol. The Morgan fingerprint density at radius 1 is 1.18 bits per heavy atom. The third-order valence-electron chi connectivity index (χ3n) is 3.05. The first-order valence-corrected chi connectivity index (χ1v) is 7.08. The Labute approximate surface area is 105 Å². The summed E-state index contributed by atoms with van der Waals surface area (Å²) >= 11 is 0. The van der Waals surface area contributed by atoms with Gasteiger partial charge >= 0.3 is 0 Å². The Kier molecular flexibility index (Phi) is 4.33. The first-order chi connectivity index (χ1) is 7.51. The topological polar surface area (TPSA) is 37.4 Å². The molecule has 0 aromatic heterocycles. The minimum Gasteiger partial charge on any atom is -0.212 e. The van der Waals surface area contributed by atoms with Crippen molar-refractivity contribution in [3.63, 3.8) is 0 Å². The first-order valence-electron chi connectivity index (χ1n) is 5.57. The standard InChI is InChI=1S/C12H17NO2S.CH4/c1-10(2)16(14,15)13-8-7-11-5-3-4-6-12(11)9-13;/h3-6,10H,7-9H2,1-2H3;1H4. The molecule has 0 N–H and O–H groups in total. The second-order valence-electron chi connectivity index (χ2n) is 4.45. The van der Waals surface area contributed by atoms with Gasteiger partial charge in [-0.25, -0.2) is 8.42 Å². The van der Waals surface area contributed by atoms with Crippen molar-refractivity contribution >= 4 is 10.0 Å². The zero-order chi connectivity index (χ0) is 11.8. The lowest BCUT2D eigenvalue weighted by atomic mass is 10.0. The van der Waals surface area contributed by atoms with Crippen LogP contribution in [0.1, 0.15) is 32.4 Å². The molecule has 96 valence electrons. The fourth-order valence-corrected chi connectivity index (χ4v) is 3.25. The normalized spacial score (nSPS) is 16.4. The molecular weight excluding hydrogens is 234 g/mol. The molecule has 4 heteroatoms. The van der Waals surface area contributed by atoms with Gasteiger partial charge in [0, 0.05) is 13.1 Å². The molecule has 0 unspecified atom stereocenters. The maximum absolute atomic E-state index is 12.0. The van der Waals surface area contributed by atoms with Gasteiger partial charge in [0.1, 0.15) is 0 Å². The van der Waals surface area contributed by atoms with Crippen molar-refractivity contribution in [2.45, 2.75) is 39.5 Å². The summed E-state index contributed by atoms with van der Waals surface area (Å²) in [5.74, 6) is 0. The quantitative estimate of drug-likeness (QED) is 0.814. The van der Waals surface area contributed by atoms with Crippen LogP contribution in [-0.4, -0.2) is 24.5 Å². The molecule has 0 spiro atoms. The summed E-state index contributed by atoms with van der Waals surface area (Å²) in [4.78, 5) is 0. The van der Waals surface area contributed by atoms with Crippen molar-refractivity contribution in [3.05, 3.63) is 35.4 Å². The van der Waals surface area contributed by atoms with E-state index in [0.29, 0.717) is 13.1 Å². The fraction of sp³-hybridized carbons (Fsp3) is 0.538.